The number of nitrogens with zero attached hydrogens (tertiary/aromatic N) is 2. The molecule has 5 aromatic carbocycles. The summed E-state index contributed by atoms with van der Waals surface area (Å²) in [6, 6.07) is 47.3. The first-order valence-corrected chi connectivity index (χ1v) is 13.1. The lowest BCUT2D eigenvalue weighted by Crippen LogP contribution is -2.17. The van der Waals surface area contributed by atoms with Crippen molar-refractivity contribution in [1.29, 1.82) is 0 Å². The number of hydrogen-bond donors (Lipinski definition) is 0. The SMILES string of the molecule is C=CC(=O)OCCOc1cccc(N(c2ccccc2)c2ccccc2N(c2ccccc2)c2ccccc2)c1. The molecule has 0 bridgehead atoms. The van der Waals surface area contributed by atoms with Crippen LogP contribution >= 0.6 is 0 Å². The number of carbonyl (C=O) groups excluding carboxylic acids is 1. The van der Waals surface area contributed by atoms with Crippen molar-refractivity contribution in [2.75, 3.05) is 23.0 Å². The molecule has 5 nitrogen and oxygen atoms in total. The minimum Gasteiger partial charge on any atom is -0.490 e. The summed E-state index contributed by atoms with van der Waals surface area (Å²) in [5, 5.41) is 0. The Bertz CT molecular complexity index is 1500. The number of carbonyl (C=O) groups is 1. The van der Waals surface area contributed by atoms with Gasteiger partial charge in [-0.05, 0) is 60.7 Å². The van der Waals surface area contributed by atoms with Crippen LogP contribution in [-0.4, -0.2) is 19.2 Å². The molecule has 0 aromatic heterocycles. The van der Waals surface area contributed by atoms with Crippen molar-refractivity contribution >= 4 is 40.1 Å². The monoisotopic (exact) mass is 526 g/mol. The zero-order valence-electron chi connectivity index (χ0n) is 22.1. The predicted molar refractivity (Wildman–Crippen MR) is 162 cm³/mol. The van der Waals surface area contributed by atoms with Crippen LogP contribution < -0.4 is 14.5 Å². The van der Waals surface area contributed by atoms with Crippen molar-refractivity contribution in [3.05, 3.63) is 152 Å². The summed E-state index contributed by atoms with van der Waals surface area (Å²) in [5.74, 6) is 0.208. The largest absolute Gasteiger partial charge is 0.490 e. The molecule has 5 rings (SSSR count). The Kier molecular flexibility index (Phi) is 8.54. The number of hydrogen-bond acceptors (Lipinski definition) is 5. The lowest BCUT2D eigenvalue weighted by Gasteiger charge is -2.33. The molecule has 0 fully saturated rings. The summed E-state index contributed by atoms with van der Waals surface area (Å²) < 4.78 is 11.0. The summed E-state index contributed by atoms with van der Waals surface area (Å²) in [5.41, 5.74) is 6.07. The maximum Gasteiger partial charge on any atom is 0.330 e. The first kappa shape index (κ1) is 26.3. The van der Waals surface area contributed by atoms with E-state index in [-0.39, 0.29) is 13.2 Å². The molecule has 0 aliphatic heterocycles. The molecular weight excluding hydrogens is 496 g/mol. The van der Waals surface area contributed by atoms with Crippen LogP contribution in [0, 0.1) is 0 Å². The van der Waals surface area contributed by atoms with Gasteiger partial charge in [0, 0.05) is 34.9 Å². The smallest absolute Gasteiger partial charge is 0.330 e. The highest BCUT2D eigenvalue weighted by Gasteiger charge is 2.21. The van der Waals surface area contributed by atoms with Crippen molar-refractivity contribution in [3.63, 3.8) is 0 Å². The molecule has 5 heteroatoms. The van der Waals surface area contributed by atoms with Gasteiger partial charge in [0.2, 0.25) is 0 Å². The summed E-state index contributed by atoms with van der Waals surface area (Å²) in [6.07, 6.45) is 1.14. The third-order valence-electron chi connectivity index (χ3n) is 6.25. The van der Waals surface area contributed by atoms with E-state index >= 15 is 0 Å². The molecule has 0 aliphatic carbocycles. The standard InChI is InChI=1S/C35H30N2O3/c1-2-35(38)40-26-25-39-32-22-14-21-31(27-32)37(30-19-10-5-11-20-30)34-24-13-12-23-33(34)36(28-15-6-3-7-16-28)29-17-8-4-9-18-29/h2-24,27H,1,25-26H2. The summed E-state index contributed by atoms with van der Waals surface area (Å²) in [4.78, 5) is 15.9. The zero-order valence-corrected chi connectivity index (χ0v) is 22.1. The fourth-order valence-corrected chi connectivity index (χ4v) is 4.50. The molecule has 0 aliphatic rings. The fraction of sp³-hybridized carbons (Fsp3) is 0.0571. The van der Waals surface area contributed by atoms with E-state index in [1.807, 2.05) is 48.5 Å². The Morgan fingerprint density at radius 3 is 1.52 bits per heavy atom. The quantitative estimate of drug-likeness (QED) is 0.0978. The highest BCUT2D eigenvalue weighted by molar-refractivity contribution is 5.91. The number of esters is 1. The molecular formula is C35H30N2O3. The Hall–Kier alpha value is -5.29. The number of rotatable bonds is 11. The van der Waals surface area contributed by atoms with Gasteiger partial charge in [0.15, 0.2) is 0 Å². The number of para-hydroxylation sites is 5. The molecule has 5 aromatic rings. The van der Waals surface area contributed by atoms with Crippen molar-refractivity contribution < 1.29 is 14.3 Å². The van der Waals surface area contributed by atoms with Crippen LogP contribution in [0.4, 0.5) is 34.1 Å². The van der Waals surface area contributed by atoms with Crippen molar-refractivity contribution in [2.45, 2.75) is 0 Å². The number of anilines is 6. The first-order chi connectivity index (χ1) is 19.7. The Labute approximate surface area is 235 Å². The second kappa shape index (κ2) is 13.0. The lowest BCUT2D eigenvalue weighted by atomic mass is 10.1. The third-order valence-corrected chi connectivity index (χ3v) is 6.25. The number of ether oxygens (including phenoxy) is 2. The molecule has 198 valence electrons. The van der Waals surface area contributed by atoms with Gasteiger partial charge in [0.25, 0.3) is 0 Å². The van der Waals surface area contributed by atoms with Gasteiger partial charge >= 0.3 is 5.97 Å². The normalized spacial score (nSPS) is 10.4. The van der Waals surface area contributed by atoms with Crippen molar-refractivity contribution in [3.8, 4) is 5.75 Å². The van der Waals surface area contributed by atoms with Gasteiger partial charge in [-0.1, -0.05) is 79.4 Å². The number of benzene rings is 5. The van der Waals surface area contributed by atoms with E-state index in [0.717, 1.165) is 40.2 Å². The van der Waals surface area contributed by atoms with Crippen molar-refractivity contribution in [1.82, 2.24) is 0 Å². The summed E-state index contributed by atoms with van der Waals surface area (Å²) in [6.45, 7) is 3.80. The molecule has 0 N–H and O–H groups in total. The predicted octanol–water partition coefficient (Wildman–Crippen LogP) is 8.73. The minimum absolute atomic E-state index is 0.142. The van der Waals surface area contributed by atoms with E-state index in [1.165, 1.54) is 0 Å². The van der Waals surface area contributed by atoms with Crippen LogP contribution in [0.3, 0.4) is 0 Å². The maximum atomic E-state index is 11.4. The Morgan fingerprint density at radius 1 is 0.575 bits per heavy atom. The minimum atomic E-state index is -0.467. The van der Waals surface area contributed by atoms with Gasteiger partial charge in [0.05, 0.1) is 11.4 Å². The van der Waals surface area contributed by atoms with Crippen LogP contribution in [0.25, 0.3) is 0 Å². The van der Waals surface area contributed by atoms with Gasteiger partial charge in [-0.15, -0.1) is 0 Å². The second-order valence-electron chi connectivity index (χ2n) is 8.88. The third kappa shape index (κ3) is 6.22. The van der Waals surface area contributed by atoms with E-state index in [2.05, 4.69) is 107 Å². The van der Waals surface area contributed by atoms with Crippen LogP contribution in [0.5, 0.6) is 5.75 Å². The van der Waals surface area contributed by atoms with Crippen LogP contribution in [0.15, 0.2) is 152 Å². The second-order valence-corrected chi connectivity index (χ2v) is 8.88. The van der Waals surface area contributed by atoms with Crippen molar-refractivity contribution in [2.24, 2.45) is 0 Å². The molecule has 0 heterocycles. The van der Waals surface area contributed by atoms with Crippen LogP contribution in [0.1, 0.15) is 0 Å². The van der Waals surface area contributed by atoms with Crippen LogP contribution in [-0.2, 0) is 9.53 Å². The summed E-state index contributed by atoms with van der Waals surface area (Å²) >= 11 is 0. The summed E-state index contributed by atoms with van der Waals surface area (Å²) in [7, 11) is 0. The first-order valence-electron chi connectivity index (χ1n) is 13.1. The van der Waals surface area contributed by atoms with Gasteiger partial charge in [0.1, 0.15) is 19.0 Å². The van der Waals surface area contributed by atoms with Gasteiger partial charge in [-0.3, -0.25) is 0 Å². The van der Waals surface area contributed by atoms with Gasteiger partial charge in [-0.2, -0.15) is 0 Å². The highest BCUT2D eigenvalue weighted by Crippen LogP contribution is 2.45. The van der Waals surface area contributed by atoms with E-state index in [9.17, 15) is 4.79 Å². The van der Waals surface area contributed by atoms with Gasteiger partial charge in [-0.25, -0.2) is 4.79 Å². The van der Waals surface area contributed by atoms with Crippen LogP contribution in [0.2, 0.25) is 0 Å². The Balaban J connectivity index is 1.58. The molecule has 0 saturated carbocycles. The molecule has 0 radical (unpaired) electrons. The molecule has 0 atom stereocenters. The average Bonchev–Trinajstić information content (AvgIpc) is 3.02. The molecule has 0 saturated heterocycles. The van der Waals surface area contributed by atoms with E-state index in [1.54, 1.807) is 0 Å². The maximum absolute atomic E-state index is 11.4. The molecule has 0 spiro atoms. The molecule has 40 heavy (non-hydrogen) atoms. The fourth-order valence-electron chi connectivity index (χ4n) is 4.50. The topological polar surface area (TPSA) is 42.0 Å². The average molecular weight is 527 g/mol. The van der Waals surface area contributed by atoms with E-state index in [4.69, 9.17) is 9.47 Å². The van der Waals surface area contributed by atoms with Gasteiger partial charge < -0.3 is 19.3 Å². The molecule has 0 unspecified atom stereocenters. The highest BCUT2D eigenvalue weighted by atomic mass is 16.6. The van der Waals surface area contributed by atoms with E-state index < -0.39 is 5.97 Å². The Morgan fingerprint density at radius 2 is 1.02 bits per heavy atom. The lowest BCUT2D eigenvalue weighted by molar-refractivity contribution is -0.138. The van der Waals surface area contributed by atoms with E-state index in [0.29, 0.717) is 5.75 Å². The zero-order chi connectivity index (χ0) is 27.6. The molecule has 0 amide bonds.